The maximum atomic E-state index is 12.6. The molecule has 6 nitrogen and oxygen atoms in total. The number of hydrogen-bond donors (Lipinski definition) is 1. The molecule has 9 heteroatoms. The van der Waals surface area contributed by atoms with Gasteiger partial charge in [-0.3, -0.25) is 9.69 Å². The number of carbonyl (C=O) groups excluding carboxylic acids is 1. The first-order valence-electron chi connectivity index (χ1n) is 11.9. The number of halogens is 2. The largest absolute Gasteiger partial charge is 0.356 e. The number of hydrogen-bond acceptors (Lipinski definition) is 6. The monoisotopic (exact) mass is 532 g/mol. The summed E-state index contributed by atoms with van der Waals surface area (Å²) in [6.07, 6.45) is 2.65. The van der Waals surface area contributed by atoms with Gasteiger partial charge in [0.1, 0.15) is 0 Å². The Balaban J connectivity index is 1.12. The van der Waals surface area contributed by atoms with E-state index >= 15 is 0 Å². The Morgan fingerprint density at radius 1 is 1.17 bits per heavy atom. The van der Waals surface area contributed by atoms with Crippen molar-refractivity contribution in [2.75, 3.05) is 25.4 Å². The summed E-state index contributed by atoms with van der Waals surface area (Å²) in [6.45, 7) is 5.04. The SMILES string of the molecule is Cc1ccc(CSCCCNC(=O)C2CCN(Cc3nc(-c4ccc(Cl)cc4Cl)no3)CC2)cc1. The molecule has 1 aromatic heterocycles. The number of piperidine rings is 1. The van der Waals surface area contributed by atoms with E-state index in [2.05, 4.69) is 51.5 Å². The molecular formula is C26H30Cl2N4O2S. The molecule has 35 heavy (non-hydrogen) atoms. The van der Waals surface area contributed by atoms with Gasteiger partial charge in [-0.05, 0) is 68.8 Å². The molecule has 0 aliphatic carbocycles. The van der Waals surface area contributed by atoms with Crippen molar-refractivity contribution in [3.63, 3.8) is 0 Å². The van der Waals surface area contributed by atoms with Crippen LogP contribution in [0, 0.1) is 12.8 Å². The predicted molar refractivity (Wildman–Crippen MR) is 143 cm³/mol. The van der Waals surface area contributed by atoms with E-state index in [1.54, 1.807) is 18.2 Å². The van der Waals surface area contributed by atoms with Gasteiger partial charge in [0.25, 0.3) is 0 Å². The number of rotatable bonds is 10. The summed E-state index contributed by atoms with van der Waals surface area (Å²) >= 11 is 14.1. The molecule has 1 fully saturated rings. The summed E-state index contributed by atoms with van der Waals surface area (Å²) in [5.41, 5.74) is 3.33. The molecule has 2 aromatic carbocycles. The molecule has 1 N–H and O–H groups in total. The van der Waals surface area contributed by atoms with Crippen LogP contribution in [0.15, 0.2) is 47.0 Å². The number of nitrogens with zero attached hydrogens (tertiary/aromatic N) is 3. The highest BCUT2D eigenvalue weighted by atomic mass is 35.5. The molecule has 0 bridgehead atoms. The fraction of sp³-hybridized carbons (Fsp3) is 0.423. The van der Waals surface area contributed by atoms with E-state index in [-0.39, 0.29) is 11.8 Å². The Morgan fingerprint density at radius 2 is 1.94 bits per heavy atom. The third-order valence-corrected chi connectivity index (χ3v) is 7.77. The number of carbonyl (C=O) groups is 1. The standard InChI is InChI=1S/C26H30Cl2N4O2S/c1-18-3-5-19(6-4-18)17-35-14-2-11-29-26(33)20-9-12-32(13-10-20)16-24-30-25(31-34-24)22-8-7-21(27)15-23(22)28/h3-8,15,20H,2,9-14,16-17H2,1H3,(H,29,33). The smallest absolute Gasteiger partial charge is 0.241 e. The molecule has 0 radical (unpaired) electrons. The van der Waals surface area contributed by atoms with E-state index in [9.17, 15) is 4.79 Å². The molecule has 1 aliphatic rings. The van der Waals surface area contributed by atoms with Crippen molar-refractivity contribution < 1.29 is 9.32 Å². The zero-order chi connectivity index (χ0) is 24.6. The van der Waals surface area contributed by atoms with Crippen molar-refractivity contribution in [2.24, 2.45) is 5.92 Å². The van der Waals surface area contributed by atoms with E-state index < -0.39 is 0 Å². The third kappa shape index (κ3) is 7.71. The summed E-state index contributed by atoms with van der Waals surface area (Å²) in [7, 11) is 0. The minimum absolute atomic E-state index is 0.0672. The summed E-state index contributed by atoms with van der Waals surface area (Å²) in [4.78, 5) is 19.3. The minimum atomic E-state index is 0.0672. The number of thioether (sulfide) groups is 1. The highest BCUT2D eigenvalue weighted by Gasteiger charge is 2.26. The maximum Gasteiger partial charge on any atom is 0.241 e. The average molecular weight is 534 g/mol. The Kier molecular flexibility index (Phi) is 9.49. The molecule has 3 aromatic rings. The summed E-state index contributed by atoms with van der Waals surface area (Å²) < 4.78 is 5.42. The highest BCUT2D eigenvalue weighted by Crippen LogP contribution is 2.28. The van der Waals surface area contributed by atoms with Gasteiger partial charge < -0.3 is 9.84 Å². The summed E-state index contributed by atoms with van der Waals surface area (Å²) in [5.74, 6) is 3.29. The fourth-order valence-electron chi connectivity index (χ4n) is 4.05. The molecule has 186 valence electrons. The first-order chi connectivity index (χ1) is 17.0. The van der Waals surface area contributed by atoms with Gasteiger partial charge in [-0.15, -0.1) is 0 Å². The number of benzene rings is 2. The van der Waals surface area contributed by atoms with Crippen LogP contribution in [-0.2, 0) is 17.1 Å². The second kappa shape index (κ2) is 12.8. The minimum Gasteiger partial charge on any atom is -0.356 e. The molecule has 2 heterocycles. The van der Waals surface area contributed by atoms with Gasteiger partial charge in [-0.2, -0.15) is 16.7 Å². The molecule has 0 unspecified atom stereocenters. The lowest BCUT2D eigenvalue weighted by molar-refractivity contribution is -0.126. The fourth-order valence-corrected chi connectivity index (χ4v) is 5.46. The molecule has 1 aliphatic heterocycles. The predicted octanol–water partition coefficient (Wildman–Crippen LogP) is 6.00. The normalized spacial score (nSPS) is 14.8. The van der Waals surface area contributed by atoms with Gasteiger partial charge in [-0.25, -0.2) is 0 Å². The van der Waals surface area contributed by atoms with Gasteiger partial charge in [0.15, 0.2) is 0 Å². The number of amides is 1. The second-order valence-electron chi connectivity index (χ2n) is 8.87. The van der Waals surface area contributed by atoms with Crippen molar-refractivity contribution in [2.45, 2.75) is 38.5 Å². The third-order valence-electron chi connectivity index (χ3n) is 6.11. The zero-order valence-electron chi connectivity index (χ0n) is 19.8. The summed E-state index contributed by atoms with van der Waals surface area (Å²) in [6, 6.07) is 13.9. The van der Waals surface area contributed by atoms with Crippen LogP contribution >= 0.6 is 35.0 Å². The van der Waals surface area contributed by atoms with Gasteiger partial charge >= 0.3 is 0 Å². The Bertz CT molecular complexity index is 1110. The van der Waals surface area contributed by atoms with Crippen LogP contribution in [0.25, 0.3) is 11.4 Å². The van der Waals surface area contributed by atoms with Crippen molar-refractivity contribution in [1.82, 2.24) is 20.4 Å². The van der Waals surface area contributed by atoms with Crippen molar-refractivity contribution >= 4 is 40.9 Å². The van der Waals surface area contributed by atoms with Crippen LogP contribution < -0.4 is 5.32 Å². The molecular weight excluding hydrogens is 503 g/mol. The van der Waals surface area contributed by atoms with E-state index in [4.69, 9.17) is 27.7 Å². The number of aryl methyl sites for hydroxylation is 1. The lowest BCUT2D eigenvalue weighted by atomic mass is 9.96. The highest BCUT2D eigenvalue weighted by molar-refractivity contribution is 7.98. The lowest BCUT2D eigenvalue weighted by Crippen LogP contribution is -2.40. The maximum absolute atomic E-state index is 12.6. The lowest BCUT2D eigenvalue weighted by Gasteiger charge is -2.30. The first-order valence-corrected chi connectivity index (χ1v) is 13.8. The topological polar surface area (TPSA) is 71.3 Å². The van der Waals surface area contributed by atoms with E-state index in [1.807, 2.05) is 11.8 Å². The van der Waals surface area contributed by atoms with Crippen LogP contribution in [0.5, 0.6) is 0 Å². The van der Waals surface area contributed by atoms with Gasteiger partial charge in [0.2, 0.25) is 17.6 Å². The first kappa shape index (κ1) is 26.0. The number of nitrogens with one attached hydrogen (secondary N) is 1. The van der Waals surface area contributed by atoms with E-state index in [1.165, 1.54) is 11.1 Å². The second-order valence-corrected chi connectivity index (χ2v) is 10.8. The molecule has 4 rings (SSSR count). The summed E-state index contributed by atoms with van der Waals surface area (Å²) in [5, 5.41) is 8.22. The van der Waals surface area contributed by atoms with Gasteiger partial charge in [0.05, 0.1) is 11.6 Å². The van der Waals surface area contributed by atoms with E-state index in [0.29, 0.717) is 33.9 Å². The quantitative estimate of drug-likeness (QED) is 0.322. The zero-order valence-corrected chi connectivity index (χ0v) is 22.1. The number of likely N-dealkylation sites (tertiary alicyclic amines) is 1. The Labute approximate surface area is 220 Å². The van der Waals surface area contributed by atoms with Gasteiger partial charge in [0, 0.05) is 28.8 Å². The van der Waals surface area contributed by atoms with Crippen LogP contribution in [0.2, 0.25) is 10.0 Å². The Morgan fingerprint density at radius 3 is 2.69 bits per heavy atom. The molecule has 0 atom stereocenters. The van der Waals surface area contributed by atoms with Crippen LogP contribution in [0.1, 0.15) is 36.3 Å². The van der Waals surface area contributed by atoms with Crippen LogP contribution in [0.4, 0.5) is 0 Å². The molecule has 0 saturated carbocycles. The Hall–Kier alpha value is -2.06. The number of aromatic nitrogens is 2. The van der Waals surface area contributed by atoms with Crippen molar-refractivity contribution in [3.05, 3.63) is 69.5 Å². The van der Waals surface area contributed by atoms with Crippen LogP contribution in [0.3, 0.4) is 0 Å². The average Bonchev–Trinajstić information content (AvgIpc) is 3.30. The van der Waals surface area contributed by atoms with E-state index in [0.717, 1.165) is 50.4 Å². The van der Waals surface area contributed by atoms with Crippen LogP contribution in [-0.4, -0.2) is 46.3 Å². The molecule has 1 amide bonds. The molecule has 1 saturated heterocycles. The van der Waals surface area contributed by atoms with Crippen molar-refractivity contribution in [3.8, 4) is 11.4 Å². The molecule has 0 spiro atoms. The van der Waals surface area contributed by atoms with Crippen molar-refractivity contribution in [1.29, 1.82) is 0 Å². The van der Waals surface area contributed by atoms with Gasteiger partial charge in [-0.1, -0.05) is 58.2 Å².